The van der Waals surface area contributed by atoms with Crippen LogP contribution in [0.2, 0.25) is 0 Å². The molecule has 11 heavy (non-hydrogen) atoms. The number of hydrogen-bond donors (Lipinski definition) is 0. The molecule has 0 saturated heterocycles. The Bertz CT molecular complexity index is 155. The summed E-state index contributed by atoms with van der Waals surface area (Å²) in [5.74, 6) is 1.55. The Morgan fingerprint density at radius 1 is 1.36 bits per heavy atom. The van der Waals surface area contributed by atoms with Gasteiger partial charge in [-0.2, -0.15) is 0 Å². The van der Waals surface area contributed by atoms with Gasteiger partial charge in [0.1, 0.15) is 0 Å². The zero-order valence-corrected chi connectivity index (χ0v) is 7.47. The smallest absolute Gasteiger partial charge is 0.0142 e. The summed E-state index contributed by atoms with van der Waals surface area (Å²) in [5, 5.41) is 0. The summed E-state index contributed by atoms with van der Waals surface area (Å²) in [4.78, 5) is 0. The van der Waals surface area contributed by atoms with Gasteiger partial charge < -0.3 is 0 Å². The first-order valence-electron chi connectivity index (χ1n) is 4.57. The number of hydrogen-bond acceptors (Lipinski definition) is 0. The van der Waals surface area contributed by atoms with E-state index in [2.05, 4.69) is 20.1 Å². The molecule has 0 aliphatic heterocycles. The van der Waals surface area contributed by atoms with Gasteiger partial charge in [-0.25, -0.2) is 0 Å². The molecule has 0 heteroatoms. The van der Waals surface area contributed by atoms with Crippen molar-refractivity contribution in [1.82, 2.24) is 0 Å². The third-order valence-corrected chi connectivity index (χ3v) is 2.85. The van der Waals surface area contributed by atoms with Gasteiger partial charge in [0.2, 0.25) is 0 Å². The molecule has 0 bridgehead atoms. The molecule has 0 aromatic carbocycles. The average molecular weight is 150 g/mol. The van der Waals surface area contributed by atoms with Crippen molar-refractivity contribution in [2.75, 3.05) is 0 Å². The fourth-order valence-electron chi connectivity index (χ4n) is 2.02. The Hall–Kier alpha value is -0.520. The van der Waals surface area contributed by atoms with E-state index < -0.39 is 0 Å². The molecule has 62 valence electrons. The maximum absolute atomic E-state index is 4.03. The predicted octanol–water partition coefficient (Wildman–Crippen LogP) is 3.55. The van der Waals surface area contributed by atoms with Gasteiger partial charge in [-0.05, 0) is 18.3 Å². The van der Waals surface area contributed by atoms with Crippen LogP contribution in [-0.2, 0) is 0 Å². The molecule has 1 aliphatic carbocycles. The van der Waals surface area contributed by atoms with Crippen LogP contribution in [0.4, 0.5) is 0 Å². The van der Waals surface area contributed by atoms with E-state index >= 15 is 0 Å². The highest BCUT2D eigenvalue weighted by molar-refractivity contribution is 5.16. The highest BCUT2D eigenvalue weighted by Crippen LogP contribution is 2.34. The molecular weight excluding hydrogens is 132 g/mol. The van der Waals surface area contributed by atoms with Crippen LogP contribution < -0.4 is 0 Å². The summed E-state index contributed by atoms with van der Waals surface area (Å²) in [6, 6.07) is 0. The molecule has 0 N–H and O–H groups in total. The predicted molar refractivity (Wildman–Crippen MR) is 50.5 cm³/mol. The third-order valence-electron chi connectivity index (χ3n) is 2.85. The van der Waals surface area contributed by atoms with Gasteiger partial charge in [-0.3, -0.25) is 0 Å². The Kier molecular flexibility index (Phi) is 2.92. The van der Waals surface area contributed by atoms with Crippen molar-refractivity contribution in [3.8, 4) is 0 Å². The van der Waals surface area contributed by atoms with Crippen molar-refractivity contribution in [3.05, 3.63) is 24.8 Å². The van der Waals surface area contributed by atoms with E-state index in [1.807, 2.05) is 6.08 Å². The third kappa shape index (κ3) is 1.95. The quantitative estimate of drug-likeness (QED) is 0.528. The van der Waals surface area contributed by atoms with Gasteiger partial charge in [-0.1, -0.05) is 51.0 Å². The van der Waals surface area contributed by atoms with Crippen LogP contribution in [0.1, 0.15) is 32.6 Å². The minimum Gasteiger partial charge on any atom is -0.0988 e. The minimum absolute atomic E-state index is 0.723. The van der Waals surface area contributed by atoms with Crippen LogP contribution in [0.5, 0.6) is 0 Å². The molecule has 2 atom stereocenters. The Morgan fingerprint density at radius 2 is 2.00 bits per heavy atom. The summed E-state index contributed by atoms with van der Waals surface area (Å²) in [6.07, 6.45) is 7.40. The molecule has 0 heterocycles. The second-order valence-corrected chi connectivity index (χ2v) is 3.65. The molecule has 1 saturated carbocycles. The van der Waals surface area contributed by atoms with Crippen molar-refractivity contribution in [1.29, 1.82) is 0 Å². The summed E-state index contributed by atoms with van der Waals surface area (Å²) in [5.41, 5.74) is 1.25. The Morgan fingerprint density at radius 3 is 2.55 bits per heavy atom. The van der Waals surface area contributed by atoms with E-state index in [0.717, 1.165) is 11.8 Å². The van der Waals surface area contributed by atoms with Crippen molar-refractivity contribution in [2.24, 2.45) is 11.8 Å². The normalized spacial score (nSPS) is 31.4. The van der Waals surface area contributed by atoms with Gasteiger partial charge in [0.25, 0.3) is 0 Å². The van der Waals surface area contributed by atoms with Crippen molar-refractivity contribution in [2.45, 2.75) is 32.6 Å². The molecule has 1 rings (SSSR count). The molecule has 2 unspecified atom stereocenters. The fraction of sp³-hybridized carbons (Fsp3) is 0.636. The lowest BCUT2D eigenvalue weighted by atomic mass is 9.77. The number of rotatable bonds is 2. The molecular formula is C11H18. The lowest BCUT2D eigenvalue weighted by Crippen LogP contribution is -2.17. The van der Waals surface area contributed by atoms with Crippen LogP contribution in [0.15, 0.2) is 24.8 Å². The zero-order chi connectivity index (χ0) is 8.27. The minimum atomic E-state index is 0.723. The van der Waals surface area contributed by atoms with Crippen molar-refractivity contribution >= 4 is 0 Å². The molecule has 0 nitrogen and oxygen atoms in total. The standard InChI is InChI=1S/C11H18/c1-4-9(2)11-8-6-5-7-10(11)3/h4,10-11H,1-2,5-8H2,3H3. The van der Waals surface area contributed by atoms with Crippen LogP contribution in [0.25, 0.3) is 0 Å². The summed E-state index contributed by atoms with van der Waals surface area (Å²) in [7, 11) is 0. The van der Waals surface area contributed by atoms with Crippen LogP contribution >= 0.6 is 0 Å². The average Bonchev–Trinajstić information content (AvgIpc) is 2.04. The van der Waals surface area contributed by atoms with Crippen molar-refractivity contribution < 1.29 is 0 Å². The van der Waals surface area contributed by atoms with Gasteiger partial charge in [0.15, 0.2) is 0 Å². The molecule has 1 aliphatic rings. The van der Waals surface area contributed by atoms with E-state index in [1.54, 1.807) is 0 Å². The molecule has 0 aromatic rings. The largest absolute Gasteiger partial charge is 0.0988 e. The highest BCUT2D eigenvalue weighted by Gasteiger charge is 2.21. The lowest BCUT2D eigenvalue weighted by molar-refractivity contribution is 0.298. The van der Waals surface area contributed by atoms with Gasteiger partial charge >= 0.3 is 0 Å². The van der Waals surface area contributed by atoms with E-state index in [1.165, 1.54) is 31.3 Å². The van der Waals surface area contributed by atoms with Crippen LogP contribution in [0, 0.1) is 11.8 Å². The second kappa shape index (κ2) is 3.75. The van der Waals surface area contributed by atoms with E-state index in [9.17, 15) is 0 Å². The van der Waals surface area contributed by atoms with E-state index in [-0.39, 0.29) is 0 Å². The van der Waals surface area contributed by atoms with E-state index in [0.29, 0.717) is 0 Å². The first kappa shape index (κ1) is 8.58. The molecule has 0 radical (unpaired) electrons. The fourth-order valence-corrected chi connectivity index (χ4v) is 2.02. The first-order valence-corrected chi connectivity index (χ1v) is 4.57. The molecule has 1 fully saturated rings. The second-order valence-electron chi connectivity index (χ2n) is 3.65. The van der Waals surface area contributed by atoms with Crippen molar-refractivity contribution in [3.63, 3.8) is 0 Å². The summed E-state index contributed by atoms with van der Waals surface area (Å²) < 4.78 is 0. The SMILES string of the molecule is C=CC(=C)C1CCCCC1C. The first-order chi connectivity index (χ1) is 5.25. The van der Waals surface area contributed by atoms with Gasteiger partial charge in [0, 0.05) is 0 Å². The Labute approximate surface area is 70.0 Å². The van der Waals surface area contributed by atoms with Gasteiger partial charge in [-0.15, -0.1) is 0 Å². The zero-order valence-electron chi connectivity index (χ0n) is 7.47. The maximum Gasteiger partial charge on any atom is -0.0142 e. The molecule has 0 amide bonds. The Balaban J connectivity index is 2.53. The summed E-state index contributed by atoms with van der Waals surface area (Å²) in [6.45, 7) is 10.1. The van der Waals surface area contributed by atoms with E-state index in [4.69, 9.17) is 0 Å². The summed E-state index contributed by atoms with van der Waals surface area (Å²) >= 11 is 0. The molecule has 0 spiro atoms. The number of allylic oxidation sites excluding steroid dienone is 2. The van der Waals surface area contributed by atoms with Crippen LogP contribution in [-0.4, -0.2) is 0 Å². The topological polar surface area (TPSA) is 0 Å². The van der Waals surface area contributed by atoms with Crippen LogP contribution in [0.3, 0.4) is 0 Å². The highest BCUT2D eigenvalue weighted by atomic mass is 14.3. The monoisotopic (exact) mass is 150 g/mol. The molecule has 0 aromatic heterocycles. The van der Waals surface area contributed by atoms with Gasteiger partial charge in [0.05, 0.1) is 0 Å². The maximum atomic E-state index is 4.03. The lowest BCUT2D eigenvalue weighted by Gasteiger charge is -2.29.